The average Bonchev–Trinajstić information content (AvgIpc) is 2.61. The minimum Gasteiger partial charge on any atom is -0.476 e. The Morgan fingerprint density at radius 2 is 2.43 bits per heavy atom. The molecule has 0 radical (unpaired) electrons. The Bertz CT molecular complexity index is 301. The number of hydrogen-bond donors (Lipinski definition) is 2. The number of hydrogen-bond acceptors (Lipinski definition) is 5. The summed E-state index contributed by atoms with van der Waals surface area (Å²) in [6.45, 7) is 0.199. The van der Waals surface area contributed by atoms with Crippen molar-refractivity contribution in [3.63, 3.8) is 0 Å². The molecule has 0 fully saturated rings. The van der Waals surface area contributed by atoms with Gasteiger partial charge in [0.1, 0.15) is 0 Å². The molecule has 0 saturated carbocycles. The maximum absolute atomic E-state index is 10.5. The zero-order chi connectivity index (χ0) is 10.4. The lowest BCUT2D eigenvalue weighted by molar-refractivity contribution is 0.0696. The minimum atomic E-state index is -0.971. The van der Waals surface area contributed by atoms with Gasteiger partial charge < -0.3 is 10.2 Å². The van der Waals surface area contributed by atoms with Gasteiger partial charge in [-0.25, -0.2) is 9.78 Å². The molecule has 78 valence electrons. The summed E-state index contributed by atoms with van der Waals surface area (Å²) in [5, 5.41) is 19.1. The smallest absolute Gasteiger partial charge is 0.365 e. The van der Waals surface area contributed by atoms with Gasteiger partial charge in [-0.15, -0.1) is 11.3 Å². The Kier molecular flexibility index (Phi) is 4.92. The number of carboxylic acid groups (broad SMARTS) is 1. The van der Waals surface area contributed by atoms with Crippen molar-refractivity contribution in [3.05, 3.63) is 16.1 Å². The molecule has 4 nitrogen and oxygen atoms in total. The van der Waals surface area contributed by atoms with E-state index in [2.05, 4.69) is 4.98 Å². The van der Waals surface area contributed by atoms with E-state index in [9.17, 15) is 4.79 Å². The number of rotatable bonds is 6. The molecule has 0 spiro atoms. The molecule has 0 aliphatic carbocycles. The van der Waals surface area contributed by atoms with Gasteiger partial charge in [-0.3, -0.25) is 0 Å². The van der Waals surface area contributed by atoms with Crippen LogP contribution in [-0.2, 0) is 5.75 Å². The van der Waals surface area contributed by atoms with Crippen molar-refractivity contribution in [1.29, 1.82) is 0 Å². The van der Waals surface area contributed by atoms with Gasteiger partial charge in [0.15, 0.2) is 0 Å². The summed E-state index contributed by atoms with van der Waals surface area (Å²) < 4.78 is 0. The van der Waals surface area contributed by atoms with Gasteiger partial charge in [0.2, 0.25) is 5.01 Å². The Labute approximate surface area is 90.0 Å². The van der Waals surface area contributed by atoms with Gasteiger partial charge in [-0.05, 0) is 12.2 Å². The molecule has 0 bridgehead atoms. The summed E-state index contributed by atoms with van der Waals surface area (Å²) in [6, 6.07) is 0. The van der Waals surface area contributed by atoms with E-state index < -0.39 is 5.97 Å². The fourth-order valence-corrected chi connectivity index (χ4v) is 2.41. The highest BCUT2D eigenvalue weighted by molar-refractivity contribution is 7.98. The number of thioether (sulfide) groups is 1. The molecule has 6 heteroatoms. The highest BCUT2D eigenvalue weighted by Crippen LogP contribution is 2.16. The normalized spacial score (nSPS) is 10.4. The van der Waals surface area contributed by atoms with Crippen LogP contribution >= 0.6 is 23.1 Å². The quantitative estimate of drug-likeness (QED) is 0.728. The van der Waals surface area contributed by atoms with Crippen molar-refractivity contribution in [1.82, 2.24) is 4.98 Å². The molecule has 1 aromatic rings. The predicted molar refractivity (Wildman–Crippen MR) is 56.9 cm³/mol. The lowest BCUT2D eigenvalue weighted by Crippen LogP contribution is -1.95. The van der Waals surface area contributed by atoms with Gasteiger partial charge in [-0.2, -0.15) is 11.8 Å². The average molecular weight is 233 g/mol. The molecule has 0 aliphatic rings. The largest absolute Gasteiger partial charge is 0.476 e. The number of carbonyl (C=O) groups is 1. The van der Waals surface area contributed by atoms with E-state index in [-0.39, 0.29) is 11.6 Å². The molecule has 0 unspecified atom stereocenters. The van der Waals surface area contributed by atoms with Crippen molar-refractivity contribution < 1.29 is 15.0 Å². The van der Waals surface area contributed by atoms with Crippen LogP contribution in [0.1, 0.15) is 21.9 Å². The molecule has 1 heterocycles. The van der Waals surface area contributed by atoms with Crippen LogP contribution in [0.15, 0.2) is 5.38 Å². The van der Waals surface area contributed by atoms with Crippen LogP contribution in [0.5, 0.6) is 0 Å². The lowest BCUT2D eigenvalue weighted by Gasteiger charge is -1.95. The zero-order valence-corrected chi connectivity index (χ0v) is 9.11. The summed E-state index contributed by atoms with van der Waals surface area (Å²) in [5.74, 6) is 0.613. The van der Waals surface area contributed by atoms with Crippen LogP contribution in [0.2, 0.25) is 0 Å². The van der Waals surface area contributed by atoms with Gasteiger partial charge in [0.05, 0.1) is 5.69 Å². The number of aliphatic hydroxyl groups excluding tert-OH is 1. The monoisotopic (exact) mass is 233 g/mol. The summed E-state index contributed by atoms with van der Waals surface area (Å²) in [6.07, 6.45) is 0.764. The predicted octanol–water partition coefficient (Wildman–Crippen LogP) is 1.46. The van der Waals surface area contributed by atoms with Crippen molar-refractivity contribution in [2.75, 3.05) is 12.4 Å². The molecule has 0 aliphatic heterocycles. The zero-order valence-electron chi connectivity index (χ0n) is 7.47. The van der Waals surface area contributed by atoms with Crippen LogP contribution in [0, 0.1) is 0 Å². The van der Waals surface area contributed by atoms with Crippen LogP contribution < -0.4 is 0 Å². The van der Waals surface area contributed by atoms with Crippen LogP contribution in [0.25, 0.3) is 0 Å². The lowest BCUT2D eigenvalue weighted by atomic mass is 10.5. The van der Waals surface area contributed by atoms with Gasteiger partial charge in [-0.1, -0.05) is 0 Å². The van der Waals surface area contributed by atoms with Crippen LogP contribution in [-0.4, -0.2) is 33.5 Å². The second-order valence-electron chi connectivity index (χ2n) is 2.58. The Hall–Kier alpha value is -0.590. The first-order valence-corrected chi connectivity index (χ1v) is 6.13. The van der Waals surface area contributed by atoms with E-state index in [0.717, 1.165) is 29.2 Å². The number of carboxylic acids is 1. The first kappa shape index (κ1) is 11.5. The number of thiazole rings is 1. The van der Waals surface area contributed by atoms with Crippen molar-refractivity contribution >= 4 is 29.1 Å². The van der Waals surface area contributed by atoms with Crippen LogP contribution in [0.4, 0.5) is 0 Å². The third kappa shape index (κ3) is 3.65. The Morgan fingerprint density at radius 1 is 1.64 bits per heavy atom. The van der Waals surface area contributed by atoms with E-state index in [1.807, 2.05) is 0 Å². The molecule has 2 N–H and O–H groups in total. The van der Waals surface area contributed by atoms with Gasteiger partial charge in [0.25, 0.3) is 0 Å². The highest BCUT2D eigenvalue weighted by atomic mass is 32.2. The number of aromatic carboxylic acids is 1. The standard InChI is InChI=1S/C8H11NO3S2/c10-2-1-3-13-4-6-5-14-7(9-6)8(11)12/h5,10H,1-4H2,(H,11,12). The molecule has 1 aromatic heterocycles. The SMILES string of the molecule is O=C(O)c1nc(CSCCCO)cs1. The molecule has 0 saturated heterocycles. The third-order valence-electron chi connectivity index (χ3n) is 1.43. The van der Waals surface area contributed by atoms with Gasteiger partial charge >= 0.3 is 5.97 Å². The van der Waals surface area contributed by atoms with Gasteiger partial charge in [0, 0.05) is 17.7 Å². The Balaban J connectivity index is 2.33. The Morgan fingerprint density at radius 3 is 3.00 bits per heavy atom. The van der Waals surface area contributed by atoms with Crippen molar-refractivity contribution in [2.45, 2.75) is 12.2 Å². The van der Waals surface area contributed by atoms with E-state index in [0.29, 0.717) is 5.75 Å². The number of nitrogens with zero attached hydrogens (tertiary/aromatic N) is 1. The van der Waals surface area contributed by atoms with E-state index in [4.69, 9.17) is 10.2 Å². The van der Waals surface area contributed by atoms with E-state index >= 15 is 0 Å². The topological polar surface area (TPSA) is 70.4 Å². The fourth-order valence-electron chi connectivity index (χ4n) is 0.815. The van der Waals surface area contributed by atoms with E-state index in [1.165, 1.54) is 0 Å². The summed E-state index contributed by atoms with van der Waals surface area (Å²) >= 11 is 2.80. The number of aliphatic hydroxyl groups is 1. The summed E-state index contributed by atoms with van der Waals surface area (Å²) in [7, 11) is 0. The molecule has 1 rings (SSSR count). The molecule has 0 atom stereocenters. The molecular formula is C8H11NO3S2. The molecule has 0 amide bonds. The maximum Gasteiger partial charge on any atom is 0.365 e. The first-order chi connectivity index (χ1) is 6.74. The van der Waals surface area contributed by atoms with Crippen molar-refractivity contribution in [2.24, 2.45) is 0 Å². The number of aromatic nitrogens is 1. The fraction of sp³-hybridized carbons (Fsp3) is 0.500. The minimum absolute atomic E-state index is 0.141. The second kappa shape index (κ2) is 6.00. The first-order valence-electron chi connectivity index (χ1n) is 4.10. The van der Waals surface area contributed by atoms with E-state index in [1.54, 1.807) is 17.1 Å². The van der Waals surface area contributed by atoms with Crippen LogP contribution in [0.3, 0.4) is 0 Å². The molecule has 14 heavy (non-hydrogen) atoms. The maximum atomic E-state index is 10.5. The third-order valence-corrected chi connectivity index (χ3v) is 3.39. The van der Waals surface area contributed by atoms with Crippen molar-refractivity contribution in [3.8, 4) is 0 Å². The molecular weight excluding hydrogens is 222 g/mol. The summed E-state index contributed by atoms with van der Waals surface area (Å²) in [4.78, 5) is 14.4. The summed E-state index contributed by atoms with van der Waals surface area (Å²) in [5.41, 5.74) is 0.801. The second-order valence-corrected chi connectivity index (χ2v) is 4.54. The molecule has 0 aromatic carbocycles. The highest BCUT2D eigenvalue weighted by Gasteiger charge is 2.08.